The predicted octanol–water partition coefficient (Wildman–Crippen LogP) is 2.05. The SMILES string of the molecule is Cc1cc(Nc2cc(N3CCOCC3)nc(NC3C4CC5CC3C(O)(C5)C4)n2)n[nH]1. The lowest BCUT2D eigenvalue weighted by atomic mass is 9.79. The summed E-state index contributed by atoms with van der Waals surface area (Å²) in [6.45, 7) is 5.00. The van der Waals surface area contributed by atoms with Crippen LogP contribution in [0.2, 0.25) is 0 Å². The summed E-state index contributed by atoms with van der Waals surface area (Å²) in [4.78, 5) is 11.8. The Morgan fingerprint density at radius 1 is 1.17 bits per heavy atom. The van der Waals surface area contributed by atoms with Crippen molar-refractivity contribution in [2.75, 3.05) is 41.8 Å². The van der Waals surface area contributed by atoms with Crippen LogP contribution in [0.3, 0.4) is 0 Å². The van der Waals surface area contributed by atoms with Gasteiger partial charge in [0.25, 0.3) is 0 Å². The number of nitrogens with zero attached hydrogens (tertiary/aromatic N) is 4. The standard InChI is InChI=1S/C21H29N7O2/c1-12-6-17(27-26-12)22-16-9-18(28-2-4-30-5-3-28)24-20(23-16)25-19-14-7-13-8-15(19)21(29,10-13)11-14/h6,9,13-15,19,29H,2-5,7-8,10-11H2,1H3,(H3,22,23,24,25,26,27). The van der Waals surface area contributed by atoms with Crippen LogP contribution in [0.25, 0.3) is 0 Å². The van der Waals surface area contributed by atoms with E-state index in [2.05, 4.69) is 25.7 Å². The maximum absolute atomic E-state index is 11.1. The predicted molar refractivity (Wildman–Crippen MR) is 113 cm³/mol. The van der Waals surface area contributed by atoms with Crippen molar-refractivity contribution < 1.29 is 9.84 Å². The van der Waals surface area contributed by atoms with Gasteiger partial charge in [-0.3, -0.25) is 5.10 Å². The number of hydrogen-bond acceptors (Lipinski definition) is 8. The smallest absolute Gasteiger partial charge is 0.226 e. The number of rotatable bonds is 5. The number of H-pyrrole nitrogens is 1. The lowest BCUT2D eigenvalue weighted by Gasteiger charge is -2.33. The zero-order valence-electron chi connectivity index (χ0n) is 17.3. The first-order valence-corrected chi connectivity index (χ1v) is 11.1. The number of aryl methyl sites for hydroxylation is 1. The van der Waals surface area contributed by atoms with Gasteiger partial charge in [-0.05, 0) is 44.4 Å². The van der Waals surface area contributed by atoms with E-state index in [-0.39, 0.29) is 6.04 Å². The molecule has 5 unspecified atom stereocenters. The van der Waals surface area contributed by atoms with Crippen LogP contribution >= 0.6 is 0 Å². The minimum absolute atomic E-state index is 0.245. The van der Waals surface area contributed by atoms with Crippen molar-refractivity contribution in [3.8, 4) is 0 Å². The van der Waals surface area contributed by atoms with E-state index in [0.29, 0.717) is 42.7 Å². The molecule has 0 spiro atoms. The number of aromatic amines is 1. The fourth-order valence-electron chi connectivity index (χ4n) is 6.27. The Labute approximate surface area is 175 Å². The summed E-state index contributed by atoms with van der Waals surface area (Å²) < 4.78 is 5.51. The van der Waals surface area contributed by atoms with E-state index in [0.717, 1.165) is 49.7 Å². The number of ether oxygens (including phenoxy) is 1. The van der Waals surface area contributed by atoms with Gasteiger partial charge in [0.2, 0.25) is 5.95 Å². The lowest BCUT2D eigenvalue weighted by Crippen LogP contribution is -2.38. The Balaban J connectivity index is 1.30. The molecule has 9 nitrogen and oxygen atoms in total. The Kier molecular flexibility index (Phi) is 4.18. The molecule has 4 N–H and O–H groups in total. The van der Waals surface area contributed by atoms with Gasteiger partial charge in [-0.15, -0.1) is 0 Å². The molecular weight excluding hydrogens is 382 g/mol. The first-order chi connectivity index (χ1) is 14.6. The van der Waals surface area contributed by atoms with Crippen molar-refractivity contribution in [2.24, 2.45) is 17.8 Å². The summed E-state index contributed by atoms with van der Waals surface area (Å²) in [5, 5.41) is 25.2. The average molecular weight is 412 g/mol. The molecule has 160 valence electrons. The molecule has 4 saturated carbocycles. The fourth-order valence-corrected chi connectivity index (χ4v) is 6.27. The second-order valence-corrected chi connectivity index (χ2v) is 9.48. The Morgan fingerprint density at radius 3 is 2.80 bits per heavy atom. The molecule has 4 aliphatic carbocycles. The number of morpholine rings is 1. The zero-order chi connectivity index (χ0) is 20.3. The maximum Gasteiger partial charge on any atom is 0.226 e. The van der Waals surface area contributed by atoms with E-state index >= 15 is 0 Å². The van der Waals surface area contributed by atoms with Crippen molar-refractivity contribution in [3.63, 3.8) is 0 Å². The summed E-state index contributed by atoms with van der Waals surface area (Å²) >= 11 is 0. The molecule has 0 radical (unpaired) electrons. The van der Waals surface area contributed by atoms with Crippen molar-refractivity contribution in [1.82, 2.24) is 20.2 Å². The van der Waals surface area contributed by atoms with Gasteiger partial charge in [-0.25, -0.2) is 0 Å². The molecule has 3 heterocycles. The van der Waals surface area contributed by atoms with E-state index in [9.17, 15) is 5.11 Å². The zero-order valence-corrected chi connectivity index (χ0v) is 17.3. The van der Waals surface area contributed by atoms with E-state index in [1.54, 1.807) is 0 Å². The quantitative estimate of drug-likeness (QED) is 0.592. The molecule has 7 rings (SSSR count). The molecule has 0 amide bonds. The van der Waals surface area contributed by atoms with Crippen LogP contribution in [0.15, 0.2) is 12.1 Å². The van der Waals surface area contributed by atoms with Crippen molar-refractivity contribution in [3.05, 3.63) is 17.8 Å². The van der Waals surface area contributed by atoms with E-state index in [4.69, 9.17) is 14.7 Å². The first-order valence-electron chi connectivity index (χ1n) is 11.1. The van der Waals surface area contributed by atoms with Gasteiger partial charge in [0.15, 0.2) is 5.82 Å². The number of anilines is 4. The Hall–Kier alpha value is -2.39. The molecule has 0 aromatic carbocycles. The van der Waals surface area contributed by atoms with Crippen LogP contribution in [0.4, 0.5) is 23.4 Å². The second-order valence-electron chi connectivity index (χ2n) is 9.48. The molecule has 2 aromatic rings. The number of hydrogen-bond donors (Lipinski definition) is 4. The number of aromatic nitrogens is 4. The van der Waals surface area contributed by atoms with Gasteiger partial charge >= 0.3 is 0 Å². The normalized spacial score (nSPS) is 34.5. The third kappa shape index (κ3) is 3.11. The molecule has 9 heteroatoms. The van der Waals surface area contributed by atoms with Gasteiger partial charge in [-0.2, -0.15) is 15.1 Å². The summed E-state index contributed by atoms with van der Waals surface area (Å²) in [6, 6.07) is 4.17. The molecule has 2 aromatic heterocycles. The molecule has 1 saturated heterocycles. The van der Waals surface area contributed by atoms with Gasteiger partial charge < -0.3 is 25.4 Å². The molecule has 5 atom stereocenters. The first kappa shape index (κ1) is 18.4. The van der Waals surface area contributed by atoms with E-state index in [1.807, 2.05) is 19.1 Å². The number of nitrogens with one attached hydrogen (secondary N) is 3. The molecule has 4 bridgehead atoms. The average Bonchev–Trinajstić information content (AvgIpc) is 3.30. The van der Waals surface area contributed by atoms with Crippen molar-refractivity contribution >= 4 is 23.4 Å². The van der Waals surface area contributed by atoms with Crippen molar-refractivity contribution in [2.45, 2.75) is 44.2 Å². The number of aliphatic hydroxyl groups is 1. The van der Waals surface area contributed by atoms with Crippen LogP contribution in [0.5, 0.6) is 0 Å². The van der Waals surface area contributed by atoms with Crippen LogP contribution in [0.1, 0.15) is 31.4 Å². The van der Waals surface area contributed by atoms with Crippen LogP contribution < -0.4 is 15.5 Å². The second kappa shape index (κ2) is 6.81. The Bertz CT molecular complexity index is 943. The largest absolute Gasteiger partial charge is 0.389 e. The lowest BCUT2D eigenvalue weighted by molar-refractivity contribution is 0.00988. The van der Waals surface area contributed by atoms with E-state index < -0.39 is 5.60 Å². The fraction of sp³-hybridized carbons (Fsp3) is 0.667. The van der Waals surface area contributed by atoms with Gasteiger partial charge in [0.1, 0.15) is 11.6 Å². The minimum atomic E-state index is -0.485. The third-order valence-corrected chi connectivity index (χ3v) is 7.42. The topological polar surface area (TPSA) is 111 Å². The van der Waals surface area contributed by atoms with Crippen LogP contribution in [-0.4, -0.2) is 63.2 Å². The highest BCUT2D eigenvalue weighted by molar-refractivity contribution is 5.60. The van der Waals surface area contributed by atoms with Gasteiger partial charge in [0, 0.05) is 42.9 Å². The summed E-state index contributed by atoms with van der Waals surface area (Å²) in [6.07, 6.45) is 4.20. The van der Waals surface area contributed by atoms with Gasteiger partial charge in [0.05, 0.1) is 18.8 Å². The Morgan fingerprint density at radius 2 is 2.03 bits per heavy atom. The van der Waals surface area contributed by atoms with Crippen LogP contribution in [-0.2, 0) is 4.74 Å². The van der Waals surface area contributed by atoms with Crippen LogP contribution in [0, 0.1) is 24.7 Å². The highest BCUT2D eigenvalue weighted by Crippen LogP contribution is 2.60. The maximum atomic E-state index is 11.1. The molecular formula is C21H29N7O2. The monoisotopic (exact) mass is 411 g/mol. The van der Waals surface area contributed by atoms with Gasteiger partial charge in [-0.1, -0.05) is 0 Å². The molecule has 1 aliphatic heterocycles. The summed E-state index contributed by atoms with van der Waals surface area (Å²) in [5.41, 5.74) is 0.505. The third-order valence-electron chi connectivity index (χ3n) is 7.42. The highest BCUT2D eigenvalue weighted by Gasteiger charge is 2.62. The van der Waals surface area contributed by atoms with Crippen molar-refractivity contribution in [1.29, 1.82) is 0 Å². The summed E-state index contributed by atoms with van der Waals surface area (Å²) in [5.74, 6) is 4.47. The minimum Gasteiger partial charge on any atom is -0.389 e. The highest BCUT2D eigenvalue weighted by atomic mass is 16.5. The molecule has 30 heavy (non-hydrogen) atoms. The van der Waals surface area contributed by atoms with E-state index in [1.165, 1.54) is 6.42 Å². The molecule has 5 fully saturated rings. The molecule has 5 aliphatic rings. The summed E-state index contributed by atoms with van der Waals surface area (Å²) in [7, 11) is 0.